The van der Waals surface area contributed by atoms with Gasteiger partial charge in [-0.05, 0) is 25.2 Å². The highest BCUT2D eigenvalue weighted by molar-refractivity contribution is 7.11. The summed E-state index contributed by atoms with van der Waals surface area (Å²) in [5, 5.41) is 17.6. The van der Waals surface area contributed by atoms with Crippen molar-refractivity contribution in [3.63, 3.8) is 0 Å². The van der Waals surface area contributed by atoms with E-state index in [1.165, 1.54) is 28.4 Å². The van der Waals surface area contributed by atoms with E-state index in [-0.39, 0.29) is 6.10 Å². The second kappa shape index (κ2) is 5.87. The molecule has 2 aliphatic rings. The molecular formula is C14H23N3OS. The van der Waals surface area contributed by atoms with Gasteiger partial charge in [0.1, 0.15) is 5.01 Å². The van der Waals surface area contributed by atoms with Crippen LogP contribution < -0.4 is 10.6 Å². The van der Waals surface area contributed by atoms with Crippen LogP contribution in [0, 0.1) is 11.8 Å². The molecule has 0 radical (unpaired) electrons. The van der Waals surface area contributed by atoms with Crippen molar-refractivity contribution in [2.24, 2.45) is 11.8 Å². The van der Waals surface area contributed by atoms with Gasteiger partial charge < -0.3 is 15.7 Å². The Kier molecular flexibility index (Phi) is 4.17. The molecule has 1 aliphatic heterocycles. The van der Waals surface area contributed by atoms with E-state index < -0.39 is 0 Å². The summed E-state index contributed by atoms with van der Waals surface area (Å²) >= 11 is 1.87. The maximum absolute atomic E-state index is 9.73. The summed E-state index contributed by atoms with van der Waals surface area (Å²) in [6.07, 6.45) is 3.44. The summed E-state index contributed by atoms with van der Waals surface area (Å²) in [6.45, 7) is 5.69. The molecule has 0 amide bonds. The first kappa shape index (κ1) is 13.5. The molecule has 0 spiro atoms. The molecule has 4 nitrogen and oxygen atoms in total. The summed E-state index contributed by atoms with van der Waals surface area (Å²) in [7, 11) is 0. The first-order valence-electron chi connectivity index (χ1n) is 7.29. The number of nitrogens with one attached hydrogen (secondary N) is 2. The van der Waals surface area contributed by atoms with E-state index in [1.807, 2.05) is 11.3 Å². The molecule has 1 fully saturated rings. The van der Waals surface area contributed by atoms with Crippen molar-refractivity contribution < 1.29 is 5.11 Å². The van der Waals surface area contributed by atoms with E-state index in [2.05, 4.69) is 17.6 Å². The number of nitrogens with zero attached hydrogens (tertiary/aromatic N) is 1. The van der Waals surface area contributed by atoms with E-state index in [0.29, 0.717) is 5.92 Å². The fourth-order valence-corrected chi connectivity index (χ4v) is 4.21. The molecule has 1 saturated heterocycles. The Balaban J connectivity index is 1.50. The van der Waals surface area contributed by atoms with Crippen LogP contribution in [0.4, 0.5) is 0 Å². The molecule has 1 aromatic rings. The SMILES string of the molecule is CC1CCc2nc(CNCC3CNCC3O)sc2C1. The number of fused-ring (bicyclic) bond motifs is 1. The third kappa shape index (κ3) is 3.16. The highest BCUT2D eigenvalue weighted by Gasteiger charge is 2.24. The van der Waals surface area contributed by atoms with Crippen molar-refractivity contribution in [3.05, 3.63) is 15.6 Å². The van der Waals surface area contributed by atoms with Gasteiger partial charge in [-0.2, -0.15) is 0 Å². The molecule has 3 unspecified atom stereocenters. The second-order valence-corrected chi connectivity index (χ2v) is 7.11. The Hall–Kier alpha value is -0.490. The summed E-state index contributed by atoms with van der Waals surface area (Å²) in [4.78, 5) is 6.24. The Bertz CT molecular complexity index is 434. The third-order valence-corrected chi connectivity index (χ3v) is 5.34. The molecule has 3 rings (SSSR count). The molecule has 1 aliphatic carbocycles. The van der Waals surface area contributed by atoms with E-state index in [9.17, 15) is 5.11 Å². The molecule has 3 N–H and O–H groups in total. The molecule has 0 bridgehead atoms. The molecule has 1 aromatic heterocycles. The van der Waals surface area contributed by atoms with Gasteiger partial charge in [0.25, 0.3) is 0 Å². The van der Waals surface area contributed by atoms with Crippen molar-refractivity contribution >= 4 is 11.3 Å². The lowest BCUT2D eigenvalue weighted by molar-refractivity contribution is 0.146. The van der Waals surface area contributed by atoms with Crippen LogP contribution in [0.1, 0.15) is 28.9 Å². The molecular weight excluding hydrogens is 258 g/mol. The minimum absolute atomic E-state index is 0.196. The number of hydrogen-bond acceptors (Lipinski definition) is 5. The first-order chi connectivity index (χ1) is 9.22. The number of aliphatic hydroxyl groups is 1. The van der Waals surface area contributed by atoms with E-state index in [0.717, 1.165) is 38.5 Å². The van der Waals surface area contributed by atoms with Crippen LogP contribution in [0.15, 0.2) is 0 Å². The molecule has 3 atom stereocenters. The van der Waals surface area contributed by atoms with Crippen LogP contribution >= 0.6 is 11.3 Å². The summed E-state index contributed by atoms with van der Waals surface area (Å²) in [6, 6.07) is 0. The number of thiazole rings is 1. The monoisotopic (exact) mass is 281 g/mol. The van der Waals surface area contributed by atoms with Crippen molar-refractivity contribution in [1.29, 1.82) is 0 Å². The minimum atomic E-state index is -0.196. The van der Waals surface area contributed by atoms with Gasteiger partial charge in [-0.25, -0.2) is 4.98 Å². The van der Waals surface area contributed by atoms with E-state index in [1.54, 1.807) is 0 Å². The van der Waals surface area contributed by atoms with Crippen LogP contribution in [-0.2, 0) is 19.4 Å². The topological polar surface area (TPSA) is 57.2 Å². The number of hydrogen-bond donors (Lipinski definition) is 3. The highest BCUT2D eigenvalue weighted by Crippen LogP contribution is 2.29. The number of aryl methyl sites for hydroxylation is 1. The predicted molar refractivity (Wildman–Crippen MR) is 77.4 cm³/mol. The van der Waals surface area contributed by atoms with Gasteiger partial charge >= 0.3 is 0 Å². The summed E-state index contributed by atoms with van der Waals surface area (Å²) < 4.78 is 0. The second-order valence-electron chi connectivity index (χ2n) is 5.94. The average molecular weight is 281 g/mol. The Morgan fingerprint density at radius 1 is 1.47 bits per heavy atom. The predicted octanol–water partition coefficient (Wildman–Crippen LogP) is 0.938. The fraction of sp³-hybridized carbons (Fsp3) is 0.786. The molecule has 0 aromatic carbocycles. The lowest BCUT2D eigenvalue weighted by Crippen LogP contribution is -2.30. The average Bonchev–Trinajstić information content (AvgIpc) is 2.95. The minimum Gasteiger partial charge on any atom is -0.391 e. The molecule has 19 heavy (non-hydrogen) atoms. The highest BCUT2D eigenvalue weighted by atomic mass is 32.1. The number of rotatable bonds is 4. The zero-order valence-electron chi connectivity index (χ0n) is 11.5. The number of β-amino-alcohol motifs (C(OH)–C–C–N with tert-alkyl or cyclic N) is 1. The van der Waals surface area contributed by atoms with Crippen molar-refractivity contribution in [2.75, 3.05) is 19.6 Å². The lowest BCUT2D eigenvalue weighted by atomic mass is 9.93. The maximum atomic E-state index is 9.73. The third-order valence-electron chi connectivity index (χ3n) is 4.22. The molecule has 2 heterocycles. The van der Waals surface area contributed by atoms with Crippen LogP contribution in [-0.4, -0.2) is 35.8 Å². The normalized spacial score (nSPS) is 30.5. The molecule has 5 heteroatoms. The van der Waals surface area contributed by atoms with Gasteiger partial charge in [0.15, 0.2) is 0 Å². The van der Waals surface area contributed by atoms with Crippen LogP contribution in [0.3, 0.4) is 0 Å². The Morgan fingerprint density at radius 3 is 3.16 bits per heavy atom. The smallest absolute Gasteiger partial charge is 0.107 e. The van der Waals surface area contributed by atoms with Crippen molar-refractivity contribution in [2.45, 2.75) is 38.8 Å². The first-order valence-corrected chi connectivity index (χ1v) is 8.11. The Labute approximate surface area is 118 Å². The lowest BCUT2D eigenvalue weighted by Gasteiger charge is -2.15. The standard InChI is InChI=1S/C14H23N3OS/c1-9-2-3-11-13(4-9)19-14(17-11)8-16-6-10-5-15-7-12(10)18/h9-10,12,15-16,18H,2-8H2,1H3. The van der Waals surface area contributed by atoms with Crippen LogP contribution in [0.5, 0.6) is 0 Å². The van der Waals surface area contributed by atoms with Gasteiger partial charge in [-0.3, -0.25) is 0 Å². The van der Waals surface area contributed by atoms with Gasteiger partial charge in [0, 0.05) is 37.0 Å². The van der Waals surface area contributed by atoms with Crippen molar-refractivity contribution in [1.82, 2.24) is 15.6 Å². The van der Waals surface area contributed by atoms with Gasteiger partial charge in [0.05, 0.1) is 11.8 Å². The van der Waals surface area contributed by atoms with Crippen LogP contribution in [0.2, 0.25) is 0 Å². The summed E-state index contributed by atoms with van der Waals surface area (Å²) in [5.74, 6) is 1.16. The zero-order valence-corrected chi connectivity index (χ0v) is 12.3. The maximum Gasteiger partial charge on any atom is 0.107 e. The van der Waals surface area contributed by atoms with Gasteiger partial charge in [-0.1, -0.05) is 6.92 Å². The summed E-state index contributed by atoms with van der Waals surface area (Å²) in [5.41, 5.74) is 1.34. The van der Waals surface area contributed by atoms with E-state index in [4.69, 9.17) is 4.98 Å². The van der Waals surface area contributed by atoms with Gasteiger partial charge in [0.2, 0.25) is 0 Å². The van der Waals surface area contributed by atoms with Crippen LogP contribution in [0.25, 0.3) is 0 Å². The Morgan fingerprint density at radius 2 is 2.37 bits per heavy atom. The zero-order chi connectivity index (χ0) is 13.2. The molecule has 106 valence electrons. The van der Waals surface area contributed by atoms with Crippen molar-refractivity contribution in [3.8, 4) is 0 Å². The quantitative estimate of drug-likeness (QED) is 0.769. The van der Waals surface area contributed by atoms with E-state index >= 15 is 0 Å². The molecule has 0 saturated carbocycles. The number of aliphatic hydroxyl groups excluding tert-OH is 1. The largest absolute Gasteiger partial charge is 0.391 e. The van der Waals surface area contributed by atoms with Gasteiger partial charge in [-0.15, -0.1) is 11.3 Å². The fourth-order valence-electron chi connectivity index (χ4n) is 2.96. The number of aromatic nitrogens is 1.